The number of nitrogens with zero attached hydrogens (tertiary/aromatic N) is 3. The van der Waals surface area contributed by atoms with Crippen LogP contribution in [0.15, 0.2) is 72.9 Å². The first-order valence-electron chi connectivity index (χ1n) is 11.6. The Kier molecular flexibility index (Phi) is 5.94. The van der Waals surface area contributed by atoms with Crippen LogP contribution in [0.2, 0.25) is 0 Å². The number of carbonyl (C=O) groups is 1. The molecule has 0 amide bonds. The number of pyridine rings is 1. The van der Waals surface area contributed by atoms with Crippen molar-refractivity contribution in [2.24, 2.45) is 0 Å². The Bertz CT molecular complexity index is 1430. The summed E-state index contributed by atoms with van der Waals surface area (Å²) in [6.07, 6.45) is 1.96. The number of para-hydroxylation sites is 1. The molecule has 1 aliphatic rings. The number of nitriles is 1. The molecule has 2 heterocycles. The highest BCUT2D eigenvalue weighted by Gasteiger charge is 2.23. The second kappa shape index (κ2) is 9.21. The van der Waals surface area contributed by atoms with E-state index in [1.165, 1.54) is 0 Å². The van der Waals surface area contributed by atoms with Crippen LogP contribution in [0.25, 0.3) is 33.2 Å². The van der Waals surface area contributed by atoms with Gasteiger partial charge in [-0.1, -0.05) is 42.5 Å². The van der Waals surface area contributed by atoms with Gasteiger partial charge >= 0.3 is 5.97 Å². The molecular weight excluding hydrogens is 438 g/mol. The lowest BCUT2D eigenvalue weighted by atomic mass is 9.94. The van der Waals surface area contributed by atoms with Crippen LogP contribution >= 0.6 is 0 Å². The minimum absolute atomic E-state index is 0.159. The van der Waals surface area contributed by atoms with Crippen molar-refractivity contribution < 1.29 is 14.6 Å². The van der Waals surface area contributed by atoms with Crippen molar-refractivity contribution in [2.45, 2.75) is 26.1 Å². The fourth-order valence-electron chi connectivity index (χ4n) is 4.87. The van der Waals surface area contributed by atoms with Crippen LogP contribution in [0.5, 0.6) is 0 Å². The summed E-state index contributed by atoms with van der Waals surface area (Å²) in [6.45, 7) is 5.78. The molecule has 4 aromatic rings. The smallest absolute Gasteiger partial charge is 0.337 e. The monoisotopic (exact) mass is 463 g/mol. The molecule has 5 rings (SSSR count). The van der Waals surface area contributed by atoms with Crippen LogP contribution in [-0.4, -0.2) is 41.4 Å². The summed E-state index contributed by atoms with van der Waals surface area (Å²) >= 11 is 0. The van der Waals surface area contributed by atoms with Gasteiger partial charge in [0.05, 0.1) is 34.9 Å². The van der Waals surface area contributed by atoms with E-state index in [1.54, 1.807) is 24.4 Å². The average Bonchev–Trinajstić information content (AvgIpc) is 2.87. The fourth-order valence-corrected chi connectivity index (χ4v) is 4.87. The van der Waals surface area contributed by atoms with Gasteiger partial charge in [0.2, 0.25) is 0 Å². The number of ether oxygens (including phenoxy) is 1. The molecule has 0 bridgehead atoms. The summed E-state index contributed by atoms with van der Waals surface area (Å²) < 4.78 is 5.84. The van der Waals surface area contributed by atoms with Gasteiger partial charge in [-0.3, -0.25) is 4.98 Å². The minimum Gasteiger partial charge on any atom is -0.478 e. The summed E-state index contributed by atoms with van der Waals surface area (Å²) in [7, 11) is 0. The molecule has 35 heavy (non-hydrogen) atoms. The predicted octanol–water partition coefficient (Wildman–Crippen LogP) is 5.75. The van der Waals surface area contributed by atoms with Crippen LogP contribution in [0, 0.1) is 11.3 Å². The van der Waals surface area contributed by atoms with Crippen molar-refractivity contribution in [1.82, 2.24) is 4.98 Å². The van der Waals surface area contributed by atoms with E-state index in [2.05, 4.69) is 24.8 Å². The lowest BCUT2D eigenvalue weighted by Gasteiger charge is -2.36. The van der Waals surface area contributed by atoms with E-state index in [0.717, 1.165) is 35.5 Å². The van der Waals surface area contributed by atoms with Gasteiger partial charge < -0.3 is 14.7 Å². The Morgan fingerprint density at radius 2 is 1.60 bits per heavy atom. The Hall–Kier alpha value is -4.21. The highest BCUT2D eigenvalue weighted by molar-refractivity contribution is 6.11. The van der Waals surface area contributed by atoms with Crippen molar-refractivity contribution in [3.8, 4) is 28.3 Å². The first-order chi connectivity index (χ1) is 16.9. The zero-order valence-electron chi connectivity index (χ0n) is 19.6. The number of carboxylic acid groups (broad SMARTS) is 1. The normalized spacial score (nSPS) is 17.8. The second-order valence-corrected chi connectivity index (χ2v) is 8.95. The number of carboxylic acids is 1. The number of fused-ring (bicyclic) bond motifs is 1. The number of anilines is 1. The third-order valence-corrected chi connectivity index (χ3v) is 6.40. The standard InChI is InChI=1S/C29H25N3O3/c1-18-16-32(17-19(2)35-18)23-12-10-22(11-13-23)26-15-31-28-24(21-8-6-20(14-30)7-9-21)4-3-5-25(28)27(26)29(33)34/h3-13,15,18-19H,16-17H2,1-2H3,(H,33,34)/t18-,19+. The Labute approximate surface area is 204 Å². The molecule has 0 aliphatic carbocycles. The van der Waals surface area contributed by atoms with E-state index < -0.39 is 5.97 Å². The maximum absolute atomic E-state index is 12.4. The second-order valence-electron chi connectivity index (χ2n) is 8.95. The molecule has 3 aromatic carbocycles. The SMILES string of the molecule is C[C@@H]1CN(c2ccc(-c3cnc4c(-c5ccc(C#N)cc5)cccc4c3C(=O)O)cc2)C[C@H](C)O1. The van der Waals surface area contributed by atoms with E-state index in [9.17, 15) is 9.90 Å². The number of morpholine rings is 1. The highest BCUT2D eigenvalue weighted by atomic mass is 16.5. The van der Waals surface area contributed by atoms with E-state index >= 15 is 0 Å². The lowest BCUT2D eigenvalue weighted by molar-refractivity contribution is -0.00522. The summed E-state index contributed by atoms with van der Waals surface area (Å²) in [6, 6.07) is 22.9. The van der Waals surface area contributed by atoms with Crippen molar-refractivity contribution in [3.05, 3.63) is 84.1 Å². The van der Waals surface area contributed by atoms with Gasteiger partial charge in [0, 0.05) is 41.5 Å². The molecule has 1 aromatic heterocycles. The number of rotatable bonds is 4. The zero-order valence-corrected chi connectivity index (χ0v) is 19.6. The lowest BCUT2D eigenvalue weighted by Crippen LogP contribution is -2.45. The number of hydrogen-bond acceptors (Lipinski definition) is 5. The molecule has 0 spiro atoms. The van der Waals surface area contributed by atoms with E-state index in [-0.39, 0.29) is 17.8 Å². The topological polar surface area (TPSA) is 86.5 Å². The van der Waals surface area contributed by atoms with Crippen molar-refractivity contribution >= 4 is 22.6 Å². The van der Waals surface area contributed by atoms with Crippen LogP contribution in [0.1, 0.15) is 29.8 Å². The number of aromatic nitrogens is 1. The summed E-state index contributed by atoms with van der Waals surface area (Å²) in [5, 5.41) is 19.9. The van der Waals surface area contributed by atoms with Gasteiger partial charge in [-0.2, -0.15) is 5.26 Å². The zero-order chi connectivity index (χ0) is 24.5. The first-order valence-corrected chi connectivity index (χ1v) is 11.6. The third-order valence-electron chi connectivity index (χ3n) is 6.40. The highest BCUT2D eigenvalue weighted by Crippen LogP contribution is 2.35. The van der Waals surface area contributed by atoms with Crippen LogP contribution in [0.4, 0.5) is 5.69 Å². The molecule has 1 saturated heterocycles. The van der Waals surface area contributed by atoms with Crippen molar-refractivity contribution in [2.75, 3.05) is 18.0 Å². The third kappa shape index (κ3) is 4.34. The van der Waals surface area contributed by atoms with Crippen molar-refractivity contribution in [3.63, 3.8) is 0 Å². The first kappa shape index (κ1) is 22.6. The van der Waals surface area contributed by atoms with Gasteiger partial charge in [0.15, 0.2) is 0 Å². The number of aromatic carboxylic acids is 1. The van der Waals surface area contributed by atoms with Crippen LogP contribution in [0.3, 0.4) is 0 Å². The molecule has 6 heteroatoms. The molecule has 1 fully saturated rings. The summed E-state index contributed by atoms with van der Waals surface area (Å²) in [4.78, 5) is 19.4. The molecule has 6 nitrogen and oxygen atoms in total. The average molecular weight is 464 g/mol. The maximum atomic E-state index is 12.4. The fraction of sp³-hybridized carbons (Fsp3) is 0.207. The molecule has 174 valence electrons. The number of hydrogen-bond donors (Lipinski definition) is 1. The summed E-state index contributed by atoms with van der Waals surface area (Å²) in [5.41, 5.74) is 5.59. The quantitative estimate of drug-likeness (QED) is 0.415. The van der Waals surface area contributed by atoms with E-state index in [4.69, 9.17) is 15.0 Å². The molecule has 1 N–H and O–H groups in total. The van der Waals surface area contributed by atoms with Crippen molar-refractivity contribution in [1.29, 1.82) is 5.26 Å². The molecule has 1 aliphatic heterocycles. The molecule has 0 saturated carbocycles. The molecule has 2 atom stereocenters. The van der Waals surface area contributed by atoms with Gasteiger partial charge in [-0.05, 0) is 49.2 Å². The van der Waals surface area contributed by atoms with E-state index in [1.807, 2.05) is 48.5 Å². The van der Waals surface area contributed by atoms with Gasteiger partial charge in [0.1, 0.15) is 0 Å². The minimum atomic E-state index is -0.996. The van der Waals surface area contributed by atoms with Gasteiger partial charge in [-0.25, -0.2) is 4.79 Å². The van der Waals surface area contributed by atoms with Gasteiger partial charge in [0.25, 0.3) is 0 Å². The molecular formula is C29H25N3O3. The number of benzene rings is 3. The molecule has 0 unspecified atom stereocenters. The predicted molar refractivity (Wildman–Crippen MR) is 137 cm³/mol. The molecule has 0 radical (unpaired) electrons. The van der Waals surface area contributed by atoms with Crippen LogP contribution < -0.4 is 4.90 Å². The van der Waals surface area contributed by atoms with Gasteiger partial charge in [-0.15, -0.1) is 0 Å². The largest absolute Gasteiger partial charge is 0.478 e. The Morgan fingerprint density at radius 3 is 2.23 bits per heavy atom. The van der Waals surface area contributed by atoms with E-state index in [0.29, 0.717) is 22.0 Å². The maximum Gasteiger partial charge on any atom is 0.337 e. The Balaban J connectivity index is 1.56. The van der Waals surface area contributed by atoms with Crippen LogP contribution in [-0.2, 0) is 4.74 Å². The Morgan fingerprint density at radius 1 is 0.971 bits per heavy atom. The summed E-state index contributed by atoms with van der Waals surface area (Å²) in [5.74, 6) is -0.996.